The molecule has 0 aliphatic carbocycles. The fraction of sp³-hybridized carbons (Fsp3) is 0.526. The van der Waals surface area contributed by atoms with Crippen LogP contribution in [0.25, 0.3) is 0 Å². The molecular formula is C19H29N7O. The number of hydrogen-bond donors (Lipinski definition) is 2. The Labute approximate surface area is 160 Å². The number of nitrogens with one attached hydrogen (secondary N) is 2. The maximum atomic E-state index is 5.49. The van der Waals surface area contributed by atoms with Gasteiger partial charge in [-0.25, -0.2) is 0 Å². The molecule has 2 aromatic rings. The van der Waals surface area contributed by atoms with Crippen LogP contribution in [0.1, 0.15) is 24.5 Å². The van der Waals surface area contributed by atoms with Crippen LogP contribution < -0.4 is 20.3 Å². The molecule has 1 saturated heterocycles. The predicted molar refractivity (Wildman–Crippen MR) is 107 cm³/mol. The van der Waals surface area contributed by atoms with Gasteiger partial charge in [-0.2, -0.15) is 0 Å². The zero-order chi connectivity index (χ0) is 19.2. The van der Waals surface area contributed by atoms with Gasteiger partial charge in [0.05, 0.1) is 19.3 Å². The second-order valence-corrected chi connectivity index (χ2v) is 6.73. The summed E-state index contributed by atoms with van der Waals surface area (Å²) in [6.45, 7) is 4.51. The molecule has 8 nitrogen and oxygen atoms in total. The molecule has 2 N–H and O–H groups in total. The number of benzene rings is 1. The van der Waals surface area contributed by atoms with Crippen molar-refractivity contribution in [2.24, 2.45) is 12.0 Å². The summed E-state index contributed by atoms with van der Waals surface area (Å²) >= 11 is 0. The number of ether oxygens (including phenoxy) is 1. The van der Waals surface area contributed by atoms with Gasteiger partial charge in [-0.1, -0.05) is 12.1 Å². The number of nitrogens with zero attached hydrogens (tertiary/aromatic N) is 5. The molecule has 8 heteroatoms. The van der Waals surface area contributed by atoms with Gasteiger partial charge in [0.1, 0.15) is 11.6 Å². The van der Waals surface area contributed by atoms with Gasteiger partial charge in [-0.05, 0) is 31.9 Å². The van der Waals surface area contributed by atoms with Gasteiger partial charge in [0, 0.05) is 33.2 Å². The van der Waals surface area contributed by atoms with Crippen molar-refractivity contribution >= 4 is 11.6 Å². The minimum absolute atomic E-state index is 0.392. The summed E-state index contributed by atoms with van der Waals surface area (Å²) in [5.74, 6) is 3.52. The van der Waals surface area contributed by atoms with E-state index in [-0.39, 0.29) is 0 Å². The average Bonchev–Trinajstić information content (AvgIpc) is 3.03. The smallest absolute Gasteiger partial charge is 0.191 e. The van der Waals surface area contributed by atoms with E-state index >= 15 is 0 Å². The first-order valence-electron chi connectivity index (χ1n) is 9.32. The summed E-state index contributed by atoms with van der Waals surface area (Å²) in [6, 6.07) is 8.59. The molecule has 0 spiro atoms. The number of guanidine groups is 1. The first kappa shape index (κ1) is 19.0. The van der Waals surface area contributed by atoms with Crippen LogP contribution in [-0.4, -0.2) is 54.0 Å². The molecule has 1 fully saturated rings. The molecule has 0 amide bonds. The summed E-state index contributed by atoms with van der Waals surface area (Å²) in [7, 11) is 5.48. The van der Waals surface area contributed by atoms with Crippen LogP contribution in [0.2, 0.25) is 0 Å². The van der Waals surface area contributed by atoms with E-state index in [9.17, 15) is 0 Å². The van der Waals surface area contributed by atoms with E-state index in [4.69, 9.17) is 4.74 Å². The second kappa shape index (κ2) is 8.75. The summed E-state index contributed by atoms with van der Waals surface area (Å²) in [5, 5.41) is 15.1. The van der Waals surface area contributed by atoms with Crippen molar-refractivity contribution in [2.45, 2.75) is 32.4 Å². The SMILES string of the molecule is CN=C(NCc1nnc(C)n1C)NC1CCN(c2ccccc2OC)CC1. The highest BCUT2D eigenvalue weighted by molar-refractivity contribution is 5.79. The molecule has 146 valence electrons. The summed E-state index contributed by atoms with van der Waals surface area (Å²) in [6.07, 6.45) is 2.09. The van der Waals surface area contributed by atoms with Gasteiger partial charge in [0.2, 0.25) is 0 Å². The number of aryl methyl sites for hydroxylation is 1. The zero-order valence-electron chi connectivity index (χ0n) is 16.6. The summed E-state index contributed by atoms with van der Waals surface area (Å²) in [5.41, 5.74) is 1.17. The molecule has 0 atom stereocenters. The fourth-order valence-corrected chi connectivity index (χ4v) is 3.31. The molecule has 0 bridgehead atoms. The van der Waals surface area contributed by atoms with Gasteiger partial charge in [-0.3, -0.25) is 4.99 Å². The van der Waals surface area contributed by atoms with Gasteiger partial charge in [0.25, 0.3) is 0 Å². The lowest BCUT2D eigenvalue weighted by atomic mass is 10.0. The van der Waals surface area contributed by atoms with Crippen LogP contribution in [0.3, 0.4) is 0 Å². The van der Waals surface area contributed by atoms with Gasteiger partial charge >= 0.3 is 0 Å². The van der Waals surface area contributed by atoms with Crippen LogP contribution in [-0.2, 0) is 13.6 Å². The quantitative estimate of drug-likeness (QED) is 0.612. The molecule has 27 heavy (non-hydrogen) atoms. The molecule has 0 unspecified atom stereocenters. The summed E-state index contributed by atoms with van der Waals surface area (Å²) < 4.78 is 7.47. The molecule has 3 rings (SSSR count). The lowest BCUT2D eigenvalue weighted by Gasteiger charge is -2.35. The van der Waals surface area contributed by atoms with Crippen molar-refractivity contribution in [3.8, 4) is 5.75 Å². The molecule has 1 aliphatic rings. The van der Waals surface area contributed by atoms with E-state index in [0.29, 0.717) is 12.6 Å². The molecule has 1 aliphatic heterocycles. The van der Waals surface area contributed by atoms with Crippen LogP contribution in [0, 0.1) is 6.92 Å². The Hall–Kier alpha value is -2.77. The monoisotopic (exact) mass is 371 g/mol. The highest BCUT2D eigenvalue weighted by atomic mass is 16.5. The summed E-state index contributed by atoms with van der Waals surface area (Å²) in [4.78, 5) is 6.73. The Balaban J connectivity index is 1.51. The van der Waals surface area contributed by atoms with E-state index in [1.165, 1.54) is 5.69 Å². The molecule has 1 aromatic heterocycles. The Morgan fingerprint density at radius 1 is 1.26 bits per heavy atom. The molecular weight excluding hydrogens is 342 g/mol. The van der Waals surface area contributed by atoms with Crippen molar-refractivity contribution in [3.05, 3.63) is 35.9 Å². The number of piperidine rings is 1. The number of aliphatic imine (C=N–C) groups is 1. The normalized spacial score (nSPS) is 15.7. The number of anilines is 1. The van der Waals surface area contributed by atoms with Crippen LogP contribution in [0.15, 0.2) is 29.3 Å². The minimum Gasteiger partial charge on any atom is -0.495 e. The number of aromatic nitrogens is 3. The van der Waals surface area contributed by atoms with Crippen LogP contribution >= 0.6 is 0 Å². The third kappa shape index (κ3) is 4.50. The number of methoxy groups -OCH3 is 1. The second-order valence-electron chi connectivity index (χ2n) is 6.73. The molecule has 0 saturated carbocycles. The Morgan fingerprint density at radius 2 is 2.00 bits per heavy atom. The lowest BCUT2D eigenvalue weighted by molar-refractivity contribution is 0.408. The molecule has 2 heterocycles. The van der Waals surface area contributed by atoms with E-state index in [2.05, 4.69) is 42.9 Å². The third-order valence-corrected chi connectivity index (χ3v) is 5.08. The largest absolute Gasteiger partial charge is 0.495 e. The first-order chi connectivity index (χ1) is 13.1. The number of rotatable bonds is 5. The highest BCUT2D eigenvalue weighted by Crippen LogP contribution is 2.29. The molecule has 1 aromatic carbocycles. The first-order valence-corrected chi connectivity index (χ1v) is 9.32. The molecule has 0 radical (unpaired) electrons. The Morgan fingerprint density at radius 3 is 2.63 bits per heavy atom. The average molecular weight is 371 g/mol. The van der Waals surface area contributed by atoms with Crippen molar-refractivity contribution < 1.29 is 4.74 Å². The fourth-order valence-electron chi connectivity index (χ4n) is 3.31. The van der Waals surface area contributed by atoms with Gasteiger partial charge in [-0.15, -0.1) is 10.2 Å². The van der Waals surface area contributed by atoms with E-state index in [1.54, 1.807) is 14.2 Å². The minimum atomic E-state index is 0.392. The maximum Gasteiger partial charge on any atom is 0.191 e. The van der Waals surface area contributed by atoms with Crippen molar-refractivity contribution in [3.63, 3.8) is 0 Å². The van der Waals surface area contributed by atoms with Gasteiger partial charge < -0.3 is 24.8 Å². The van der Waals surface area contributed by atoms with Crippen molar-refractivity contribution in [1.29, 1.82) is 0 Å². The lowest BCUT2D eigenvalue weighted by Crippen LogP contribution is -2.48. The van der Waals surface area contributed by atoms with E-state index in [1.807, 2.05) is 30.7 Å². The maximum absolute atomic E-state index is 5.49. The number of para-hydroxylation sites is 2. The highest BCUT2D eigenvalue weighted by Gasteiger charge is 2.22. The van der Waals surface area contributed by atoms with E-state index < -0.39 is 0 Å². The predicted octanol–water partition coefficient (Wildman–Crippen LogP) is 1.47. The zero-order valence-corrected chi connectivity index (χ0v) is 16.6. The van der Waals surface area contributed by atoms with E-state index in [0.717, 1.165) is 49.3 Å². The Kier molecular flexibility index (Phi) is 6.16. The topological polar surface area (TPSA) is 79.6 Å². The standard InChI is InChI=1S/C19H29N7O/c1-14-23-24-18(25(14)3)13-21-19(20-2)22-15-9-11-26(12-10-15)16-7-5-6-8-17(16)27-4/h5-8,15H,9-13H2,1-4H3,(H2,20,21,22). The van der Waals surface area contributed by atoms with Gasteiger partial charge in [0.15, 0.2) is 11.8 Å². The van der Waals surface area contributed by atoms with Crippen molar-refractivity contribution in [2.75, 3.05) is 32.1 Å². The Bertz CT molecular complexity index is 778. The van der Waals surface area contributed by atoms with Crippen LogP contribution in [0.4, 0.5) is 5.69 Å². The third-order valence-electron chi connectivity index (χ3n) is 5.08. The van der Waals surface area contributed by atoms with Crippen molar-refractivity contribution in [1.82, 2.24) is 25.4 Å². The van der Waals surface area contributed by atoms with Crippen LogP contribution in [0.5, 0.6) is 5.75 Å². The number of hydrogen-bond acceptors (Lipinski definition) is 5.